The summed E-state index contributed by atoms with van der Waals surface area (Å²) in [5.41, 5.74) is 1.21. The number of phosphoric acid groups is 1. The Morgan fingerprint density at radius 3 is 1.70 bits per heavy atom. The second kappa shape index (κ2) is 9.38. The molecule has 0 radical (unpaired) electrons. The number of rotatable bonds is 9. The molecule has 152 valence electrons. The molecular formula is C24H21O5P. The maximum Gasteiger partial charge on any atom is 0.649 e. The normalized spacial score (nSPS) is 11.1. The summed E-state index contributed by atoms with van der Waals surface area (Å²) in [6.45, 7) is 0. The zero-order valence-electron chi connectivity index (χ0n) is 16.2. The molecule has 0 aliphatic heterocycles. The van der Waals surface area contributed by atoms with Crippen molar-refractivity contribution >= 4 is 7.82 Å². The minimum absolute atomic E-state index is 0.0771. The van der Waals surface area contributed by atoms with Crippen LogP contribution in [-0.2, 0) is 17.4 Å². The van der Waals surface area contributed by atoms with Crippen LogP contribution >= 0.6 is 7.82 Å². The van der Waals surface area contributed by atoms with Gasteiger partial charge in [0.15, 0.2) is 0 Å². The highest BCUT2D eigenvalue weighted by atomic mass is 31.2. The standard InChI is InChI=1S/C24H21O5P/c25-30(27-22-12-6-2-7-13-22,28-23-14-8-3-9-15-23)29-24-19-18-21(26-24)17-16-20-10-4-1-5-11-20/h1-15,18-19H,16-17H2. The number of aryl methyl sites for hydroxylation is 2. The molecule has 5 nitrogen and oxygen atoms in total. The molecule has 4 rings (SSSR count). The second-order valence-corrected chi connectivity index (χ2v) is 8.00. The quantitative estimate of drug-likeness (QED) is 0.282. The molecule has 0 N–H and O–H groups in total. The van der Waals surface area contributed by atoms with E-state index in [0.29, 0.717) is 17.9 Å². The van der Waals surface area contributed by atoms with Crippen LogP contribution in [0.25, 0.3) is 0 Å². The van der Waals surface area contributed by atoms with Crippen LogP contribution in [0.1, 0.15) is 11.3 Å². The van der Waals surface area contributed by atoms with Crippen molar-refractivity contribution in [2.45, 2.75) is 12.8 Å². The molecule has 0 aliphatic rings. The third kappa shape index (κ3) is 5.56. The first-order valence-electron chi connectivity index (χ1n) is 9.60. The van der Waals surface area contributed by atoms with Gasteiger partial charge in [0, 0.05) is 12.5 Å². The first kappa shape index (κ1) is 19.9. The van der Waals surface area contributed by atoms with Crippen LogP contribution in [0, 0.1) is 0 Å². The Kier molecular flexibility index (Phi) is 6.21. The van der Waals surface area contributed by atoms with E-state index in [-0.39, 0.29) is 5.95 Å². The van der Waals surface area contributed by atoms with Crippen molar-refractivity contribution in [3.05, 3.63) is 114 Å². The smallest absolute Gasteiger partial charge is 0.430 e. The third-order valence-corrected chi connectivity index (χ3v) is 5.53. The molecule has 0 saturated heterocycles. The van der Waals surface area contributed by atoms with Gasteiger partial charge in [-0.1, -0.05) is 66.7 Å². The zero-order chi connectivity index (χ0) is 20.7. The Bertz CT molecular complexity index is 1050. The van der Waals surface area contributed by atoms with Gasteiger partial charge in [0.1, 0.15) is 17.3 Å². The maximum atomic E-state index is 13.4. The van der Waals surface area contributed by atoms with E-state index in [1.165, 1.54) is 5.56 Å². The van der Waals surface area contributed by atoms with Crippen molar-refractivity contribution in [2.24, 2.45) is 0 Å². The summed E-state index contributed by atoms with van der Waals surface area (Å²) in [6.07, 6.45) is 1.52. The van der Waals surface area contributed by atoms with Crippen molar-refractivity contribution in [1.82, 2.24) is 0 Å². The maximum absolute atomic E-state index is 13.4. The van der Waals surface area contributed by atoms with Gasteiger partial charge in [0.25, 0.3) is 5.95 Å². The van der Waals surface area contributed by atoms with Crippen LogP contribution in [0.4, 0.5) is 0 Å². The van der Waals surface area contributed by atoms with Crippen LogP contribution in [-0.4, -0.2) is 0 Å². The Hall–Kier alpha value is -3.43. The molecule has 0 atom stereocenters. The SMILES string of the molecule is O=P(Oc1ccccc1)(Oc1ccccc1)Oc1ccc(CCc2ccccc2)o1. The van der Waals surface area contributed by atoms with Gasteiger partial charge in [-0.25, -0.2) is 0 Å². The van der Waals surface area contributed by atoms with Gasteiger partial charge in [-0.05, 0) is 42.3 Å². The van der Waals surface area contributed by atoms with E-state index in [0.717, 1.165) is 12.2 Å². The molecule has 30 heavy (non-hydrogen) atoms. The fourth-order valence-electron chi connectivity index (χ4n) is 2.84. The van der Waals surface area contributed by atoms with Crippen LogP contribution < -0.4 is 13.6 Å². The molecule has 0 amide bonds. The molecule has 4 aromatic rings. The summed E-state index contributed by atoms with van der Waals surface area (Å²) in [7, 11) is -4.04. The average molecular weight is 420 g/mol. The third-order valence-electron chi connectivity index (χ3n) is 4.26. The topological polar surface area (TPSA) is 57.9 Å². The van der Waals surface area contributed by atoms with Gasteiger partial charge in [0.05, 0.1) is 0 Å². The van der Waals surface area contributed by atoms with Crippen molar-refractivity contribution in [2.75, 3.05) is 0 Å². The highest BCUT2D eigenvalue weighted by Crippen LogP contribution is 2.50. The fraction of sp³-hybridized carbons (Fsp3) is 0.0833. The molecule has 3 aromatic carbocycles. The van der Waals surface area contributed by atoms with Crippen molar-refractivity contribution in [3.63, 3.8) is 0 Å². The number of benzene rings is 3. The number of furan rings is 1. The van der Waals surface area contributed by atoms with Gasteiger partial charge in [0.2, 0.25) is 0 Å². The largest absolute Gasteiger partial charge is 0.649 e. The first-order valence-corrected chi connectivity index (χ1v) is 11.1. The Morgan fingerprint density at radius 1 is 0.600 bits per heavy atom. The summed E-state index contributed by atoms with van der Waals surface area (Å²) in [5, 5.41) is 0. The highest BCUT2D eigenvalue weighted by molar-refractivity contribution is 7.49. The van der Waals surface area contributed by atoms with Gasteiger partial charge in [-0.2, -0.15) is 4.57 Å². The minimum atomic E-state index is -4.04. The van der Waals surface area contributed by atoms with Crippen LogP contribution in [0.2, 0.25) is 0 Å². The zero-order valence-corrected chi connectivity index (χ0v) is 17.1. The molecule has 0 unspecified atom stereocenters. The van der Waals surface area contributed by atoms with Crippen LogP contribution in [0.3, 0.4) is 0 Å². The summed E-state index contributed by atoms with van der Waals surface area (Å²) in [5.74, 6) is 1.54. The van der Waals surface area contributed by atoms with Gasteiger partial charge in [-0.15, -0.1) is 0 Å². The molecular weight excluding hydrogens is 399 g/mol. The van der Waals surface area contributed by atoms with E-state index in [1.807, 2.05) is 30.3 Å². The predicted octanol–water partition coefficient (Wildman–Crippen LogP) is 6.71. The lowest BCUT2D eigenvalue weighted by molar-refractivity contribution is 0.264. The molecule has 0 saturated carbocycles. The average Bonchev–Trinajstić information content (AvgIpc) is 3.21. The van der Waals surface area contributed by atoms with Gasteiger partial charge in [-0.3, -0.25) is 0 Å². The summed E-state index contributed by atoms with van der Waals surface area (Å²) >= 11 is 0. The monoisotopic (exact) mass is 420 g/mol. The van der Waals surface area contributed by atoms with E-state index in [1.54, 1.807) is 60.7 Å². The van der Waals surface area contributed by atoms with Crippen LogP contribution in [0.15, 0.2) is 108 Å². The van der Waals surface area contributed by atoms with Crippen molar-refractivity contribution in [1.29, 1.82) is 0 Å². The molecule has 0 fully saturated rings. The van der Waals surface area contributed by atoms with Crippen molar-refractivity contribution in [3.8, 4) is 17.4 Å². The Balaban J connectivity index is 1.48. The van der Waals surface area contributed by atoms with Gasteiger partial charge >= 0.3 is 7.82 Å². The van der Waals surface area contributed by atoms with Crippen molar-refractivity contribution < 1.29 is 22.6 Å². The Morgan fingerprint density at radius 2 is 1.13 bits per heavy atom. The predicted molar refractivity (Wildman–Crippen MR) is 115 cm³/mol. The summed E-state index contributed by atoms with van der Waals surface area (Å²) in [4.78, 5) is 0. The van der Waals surface area contributed by atoms with E-state index in [9.17, 15) is 4.57 Å². The molecule has 1 aromatic heterocycles. The second-order valence-electron chi connectivity index (χ2n) is 6.55. The molecule has 0 spiro atoms. The number of phosphoric ester groups is 1. The van der Waals surface area contributed by atoms with Crippen LogP contribution in [0.5, 0.6) is 17.4 Å². The molecule has 0 aliphatic carbocycles. The van der Waals surface area contributed by atoms with E-state index < -0.39 is 7.82 Å². The number of hydrogen-bond donors (Lipinski definition) is 0. The lowest BCUT2D eigenvalue weighted by Crippen LogP contribution is -2.07. The molecule has 1 heterocycles. The van der Waals surface area contributed by atoms with E-state index in [2.05, 4.69) is 12.1 Å². The number of hydrogen-bond acceptors (Lipinski definition) is 5. The summed E-state index contributed by atoms with van der Waals surface area (Å²) < 4.78 is 35.9. The number of para-hydroxylation sites is 2. The lowest BCUT2D eigenvalue weighted by atomic mass is 10.1. The highest BCUT2D eigenvalue weighted by Gasteiger charge is 2.34. The van der Waals surface area contributed by atoms with E-state index >= 15 is 0 Å². The molecule has 6 heteroatoms. The lowest BCUT2D eigenvalue weighted by Gasteiger charge is -2.18. The van der Waals surface area contributed by atoms with Gasteiger partial charge < -0.3 is 18.0 Å². The summed E-state index contributed by atoms with van der Waals surface area (Å²) in [6, 6.07) is 31.0. The first-order chi connectivity index (χ1) is 14.7. The molecule has 0 bridgehead atoms. The Labute approximate surface area is 175 Å². The fourth-order valence-corrected chi connectivity index (χ4v) is 4.03. The minimum Gasteiger partial charge on any atom is -0.430 e. The van der Waals surface area contributed by atoms with E-state index in [4.69, 9.17) is 18.0 Å².